The first kappa shape index (κ1) is 23.6. The quantitative estimate of drug-likeness (QED) is 0.627. The van der Waals surface area contributed by atoms with E-state index in [9.17, 15) is 16.8 Å². The van der Waals surface area contributed by atoms with Crippen LogP contribution in [0.3, 0.4) is 0 Å². The molecule has 32 heavy (non-hydrogen) atoms. The van der Waals surface area contributed by atoms with Crippen LogP contribution in [0, 0.1) is 0 Å². The molecule has 2 saturated heterocycles. The van der Waals surface area contributed by atoms with Gasteiger partial charge in [0.2, 0.25) is 10.0 Å². The van der Waals surface area contributed by atoms with Crippen molar-refractivity contribution in [2.45, 2.75) is 22.6 Å². The Bertz CT molecular complexity index is 1210. The van der Waals surface area contributed by atoms with E-state index >= 15 is 0 Å². The summed E-state index contributed by atoms with van der Waals surface area (Å²) >= 11 is 12.1. The largest absolute Gasteiger partial charge is 0.379 e. The lowest BCUT2D eigenvalue weighted by Gasteiger charge is -2.27. The van der Waals surface area contributed by atoms with E-state index in [1.165, 1.54) is 34.6 Å². The molecule has 0 saturated carbocycles. The zero-order valence-electron chi connectivity index (χ0n) is 17.1. The molecular formula is C20H23Cl2N3O5S2. The predicted molar refractivity (Wildman–Crippen MR) is 125 cm³/mol. The third-order valence-corrected chi connectivity index (χ3v) is 9.71. The zero-order valence-corrected chi connectivity index (χ0v) is 20.3. The Balaban J connectivity index is 1.76. The SMILES string of the molecule is O=S(=O)(Nc1cc(S(=O)(=O)N2CCOCC2)ccc1N1CCCC1)c1cccc(Cl)c1Cl. The second-order valence-electron chi connectivity index (χ2n) is 7.55. The van der Waals surface area contributed by atoms with Crippen LogP contribution >= 0.6 is 23.2 Å². The van der Waals surface area contributed by atoms with Crippen molar-refractivity contribution < 1.29 is 21.6 Å². The van der Waals surface area contributed by atoms with Crippen molar-refractivity contribution in [1.29, 1.82) is 0 Å². The van der Waals surface area contributed by atoms with E-state index < -0.39 is 20.0 Å². The van der Waals surface area contributed by atoms with Crippen LogP contribution in [0.4, 0.5) is 11.4 Å². The first-order valence-corrected chi connectivity index (χ1v) is 13.8. The summed E-state index contributed by atoms with van der Waals surface area (Å²) in [5, 5.41) is 0.0134. The Morgan fingerprint density at radius 3 is 2.28 bits per heavy atom. The zero-order chi connectivity index (χ0) is 22.9. The molecule has 2 fully saturated rings. The highest BCUT2D eigenvalue weighted by atomic mass is 35.5. The number of benzene rings is 2. The molecule has 2 aliphatic rings. The summed E-state index contributed by atoms with van der Waals surface area (Å²) < 4.78 is 61.7. The van der Waals surface area contributed by atoms with E-state index in [1.54, 1.807) is 6.07 Å². The Morgan fingerprint density at radius 2 is 1.59 bits per heavy atom. The van der Waals surface area contributed by atoms with Crippen LogP contribution in [0.15, 0.2) is 46.2 Å². The monoisotopic (exact) mass is 519 g/mol. The lowest BCUT2D eigenvalue weighted by Crippen LogP contribution is -2.40. The number of hydrogen-bond acceptors (Lipinski definition) is 6. The maximum Gasteiger partial charge on any atom is 0.263 e. The van der Waals surface area contributed by atoms with E-state index in [-0.39, 0.29) is 38.6 Å². The van der Waals surface area contributed by atoms with Gasteiger partial charge in [0.25, 0.3) is 10.0 Å². The molecule has 0 aromatic heterocycles. The van der Waals surface area contributed by atoms with Gasteiger partial charge in [-0.25, -0.2) is 16.8 Å². The van der Waals surface area contributed by atoms with Crippen LogP contribution in [-0.2, 0) is 24.8 Å². The standard InChI is InChI=1S/C20H23Cl2N3O5S2/c21-16-4-3-5-19(20(16)22)31(26,27)23-17-14-15(6-7-18(17)24-8-1-2-9-24)32(28,29)25-10-12-30-13-11-25/h3-7,14,23H,1-2,8-13H2. The summed E-state index contributed by atoms with van der Waals surface area (Å²) in [7, 11) is -7.93. The minimum absolute atomic E-state index is 0.0113. The summed E-state index contributed by atoms with van der Waals surface area (Å²) in [6, 6.07) is 8.87. The smallest absolute Gasteiger partial charge is 0.263 e. The average Bonchev–Trinajstić information content (AvgIpc) is 3.30. The van der Waals surface area contributed by atoms with E-state index in [4.69, 9.17) is 27.9 Å². The van der Waals surface area contributed by atoms with Crippen molar-refractivity contribution in [1.82, 2.24) is 4.31 Å². The molecule has 2 aromatic rings. The van der Waals surface area contributed by atoms with Gasteiger partial charge in [0.1, 0.15) is 4.90 Å². The van der Waals surface area contributed by atoms with Crippen molar-refractivity contribution in [3.8, 4) is 0 Å². The number of nitrogens with one attached hydrogen (secondary N) is 1. The Kier molecular flexibility index (Phi) is 6.90. The maximum absolute atomic E-state index is 13.2. The summed E-state index contributed by atoms with van der Waals surface area (Å²) in [6.07, 6.45) is 1.94. The number of rotatable bonds is 6. The summed E-state index contributed by atoms with van der Waals surface area (Å²) in [5.74, 6) is 0. The topological polar surface area (TPSA) is 96.0 Å². The number of ether oxygens (including phenoxy) is 1. The van der Waals surface area contributed by atoms with Gasteiger partial charge >= 0.3 is 0 Å². The van der Waals surface area contributed by atoms with Gasteiger partial charge in [0.15, 0.2) is 0 Å². The maximum atomic E-state index is 13.2. The van der Waals surface area contributed by atoms with Gasteiger partial charge in [-0.3, -0.25) is 4.72 Å². The molecular weight excluding hydrogens is 497 g/mol. The average molecular weight is 520 g/mol. The molecule has 12 heteroatoms. The third kappa shape index (κ3) is 4.71. The van der Waals surface area contributed by atoms with Gasteiger partial charge in [0.05, 0.1) is 39.5 Å². The fourth-order valence-electron chi connectivity index (χ4n) is 3.82. The highest BCUT2D eigenvalue weighted by molar-refractivity contribution is 7.93. The third-order valence-electron chi connectivity index (χ3n) is 5.47. The van der Waals surface area contributed by atoms with Gasteiger partial charge in [0, 0.05) is 26.2 Å². The molecule has 0 unspecified atom stereocenters. The summed E-state index contributed by atoms with van der Waals surface area (Å²) in [6.45, 7) is 2.63. The molecule has 2 aromatic carbocycles. The van der Waals surface area contributed by atoms with Gasteiger partial charge in [-0.2, -0.15) is 4.31 Å². The number of anilines is 2. The molecule has 1 N–H and O–H groups in total. The van der Waals surface area contributed by atoms with E-state index in [0.717, 1.165) is 25.9 Å². The first-order chi connectivity index (χ1) is 15.2. The number of halogens is 2. The van der Waals surface area contributed by atoms with Crippen molar-refractivity contribution in [3.05, 3.63) is 46.4 Å². The van der Waals surface area contributed by atoms with Crippen molar-refractivity contribution in [2.75, 3.05) is 49.0 Å². The predicted octanol–water partition coefficient (Wildman–Crippen LogP) is 3.42. The number of sulfonamides is 2. The molecule has 0 atom stereocenters. The van der Waals surface area contributed by atoms with Crippen LogP contribution in [-0.4, -0.2) is 60.5 Å². The second kappa shape index (κ2) is 9.36. The first-order valence-electron chi connectivity index (χ1n) is 10.1. The van der Waals surface area contributed by atoms with Crippen molar-refractivity contribution in [2.24, 2.45) is 0 Å². The number of morpholine rings is 1. The van der Waals surface area contributed by atoms with Crippen LogP contribution in [0.1, 0.15) is 12.8 Å². The molecule has 0 aliphatic carbocycles. The van der Waals surface area contributed by atoms with Gasteiger partial charge in [-0.1, -0.05) is 29.3 Å². The normalized spacial score (nSPS) is 18.1. The fourth-order valence-corrected chi connectivity index (χ4v) is 7.08. The fraction of sp³-hybridized carbons (Fsp3) is 0.400. The van der Waals surface area contributed by atoms with E-state index in [2.05, 4.69) is 4.72 Å². The Morgan fingerprint density at radius 1 is 0.906 bits per heavy atom. The van der Waals surface area contributed by atoms with Crippen molar-refractivity contribution >= 4 is 54.6 Å². The van der Waals surface area contributed by atoms with Gasteiger partial charge in [-0.15, -0.1) is 0 Å². The highest BCUT2D eigenvalue weighted by Gasteiger charge is 2.29. The van der Waals surface area contributed by atoms with E-state index in [0.29, 0.717) is 18.9 Å². The van der Waals surface area contributed by atoms with Crippen molar-refractivity contribution in [3.63, 3.8) is 0 Å². The van der Waals surface area contributed by atoms with Gasteiger partial charge in [-0.05, 0) is 43.2 Å². The van der Waals surface area contributed by atoms with Crippen LogP contribution < -0.4 is 9.62 Å². The van der Waals surface area contributed by atoms with Crippen LogP contribution in [0.2, 0.25) is 10.0 Å². The number of nitrogens with zero attached hydrogens (tertiary/aromatic N) is 2. The van der Waals surface area contributed by atoms with Gasteiger partial charge < -0.3 is 9.64 Å². The molecule has 0 radical (unpaired) electrons. The minimum Gasteiger partial charge on any atom is -0.379 e. The molecule has 0 amide bonds. The minimum atomic E-state index is -4.13. The molecule has 4 rings (SSSR count). The molecule has 0 bridgehead atoms. The second-order valence-corrected chi connectivity index (χ2v) is 11.9. The summed E-state index contributed by atoms with van der Waals surface area (Å²) in [5.41, 5.74) is 0.794. The molecule has 0 spiro atoms. The van der Waals surface area contributed by atoms with Crippen LogP contribution in [0.5, 0.6) is 0 Å². The molecule has 2 heterocycles. The number of hydrogen-bond donors (Lipinski definition) is 1. The Hall–Kier alpha value is -1.56. The lowest BCUT2D eigenvalue weighted by molar-refractivity contribution is 0.0730. The molecule has 2 aliphatic heterocycles. The summed E-state index contributed by atoms with van der Waals surface area (Å²) in [4.78, 5) is 1.86. The molecule has 174 valence electrons. The Labute approximate surface area is 198 Å². The highest BCUT2D eigenvalue weighted by Crippen LogP contribution is 2.36. The lowest BCUT2D eigenvalue weighted by atomic mass is 10.2. The van der Waals surface area contributed by atoms with Crippen LogP contribution in [0.25, 0.3) is 0 Å². The van der Waals surface area contributed by atoms with E-state index in [1.807, 2.05) is 4.90 Å². The molecule has 8 nitrogen and oxygen atoms in total.